The third-order valence-electron chi connectivity index (χ3n) is 1.81. The van der Waals surface area contributed by atoms with Crippen molar-refractivity contribution in [3.8, 4) is 0 Å². The molecule has 1 aromatic heterocycles. The van der Waals surface area contributed by atoms with Gasteiger partial charge in [-0.3, -0.25) is 0 Å². The topological polar surface area (TPSA) is 42.4 Å². The third-order valence-corrected chi connectivity index (χ3v) is 2.75. The Hall–Kier alpha value is -0.450. The average molecular weight is 215 g/mol. The maximum Gasteiger partial charge on any atom is 0.119 e. The molecule has 1 heterocycles. The molecule has 80 valence electrons. The van der Waals surface area contributed by atoms with Gasteiger partial charge in [-0.1, -0.05) is 13.8 Å². The molecule has 0 amide bonds. The molecule has 0 saturated carbocycles. The number of aliphatic hydroxyl groups is 1. The second-order valence-corrected chi connectivity index (χ2v) is 5.14. The smallest absolute Gasteiger partial charge is 0.119 e. The number of ether oxygens (including phenoxy) is 1. The summed E-state index contributed by atoms with van der Waals surface area (Å²) < 4.78 is 5.48. The molecular formula is C10H17NO2S. The van der Waals surface area contributed by atoms with Gasteiger partial charge in [-0.05, 0) is 6.92 Å². The number of thiazole rings is 1. The van der Waals surface area contributed by atoms with E-state index in [-0.39, 0.29) is 12.0 Å². The van der Waals surface area contributed by atoms with Crippen LogP contribution in [0.5, 0.6) is 0 Å². The highest BCUT2D eigenvalue weighted by Crippen LogP contribution is 2.16. The minimum Gasteiger partial charge on any atom is -0.396 e. The zero-order chi connectivity index (χ0) is 10.6. The van der Waals surface area contributed by atoms with Crippen LogP contribution in [0, 0.1) is 12.3 Å². The summed E-state index contributed by atoms with van der Waals surface area (Å²) in [7, 11) is 0. The minimum absolute atomic E-state index is 0.143. The molecule has 0 spiro atoms. The SMILES string of the molecule is Cc1csc(COCC(C)(C)CO)n1. The van der Waals surface area contributed by atoms with E-state index < -0.39 is 0 Å². The summed E-state index contributed by atoms with van der Waals surface area (Å²) in [6.45, 7) is 7.16. The number of rotatable bonds is 5. The highest BCUT2D eigenvalue weighted by Gasteiger charge is 2.16. The average Bonchev–Trinajstić information content (AvgIpc) is 2.51. The minimum atomic E-state index is -0.160. The van der Waals surface area contributed by atoms with Gasteiger partial charge in [-0.15, -0.1) is 11.3 Å². The van der Waals surface area contributed by atoms with Gasteiger partial charge in [0.25, 0.3) is 0 Å². The molecule has 1 N–H and O–H groups in total. The highest BCUT2D eigenvalue weighted by atomic mass is 32.1. The Morgan fingerprint density at radius 2 is 2.29 bits per heavy atom. The Labute approximate surface area is 88.8 Å². The number of aryl methyl sites for hydroxylation is 1. The molecule has 4 heteroatoms. The van der Waals surface area contributed by atoms with E-state index in [0.717, 1.165) is 10.7 Å². The monoisotopic (exact) mass is 215 g/mol. The quantitative estimate of drug-likeness (QED) is 0.816. The molecule has 0 aliphatic rings. The molecule has 0 aliphatic heterocycles. The maximum absolute atomic E-state index is 9.00. The first-order valence-corrected chi connectivity index (χ1v) is 5.51. The van der Waals surface area contributed by atoms with Gasteiger partial charge in [0.1, 0.15) is 5.01 Å². The van der Waals surface area contributed by atoms with E-state index in [4.69, 9.17) is 9.84 Å². The van der Waals surface area contributed by atoms with Crippen LogP contribution in [-0.2, 0) is 11.3 Å². The van der Waals surface area contributed by atoms with Gasteiger partial charge in [0.05, 0.1) is 19.8 Å². The Bertz CT molecular complexity index is 283. The largest absolute Gasteiger partial charge is 0.396 e. The molecule has 0 radical (unpaired) electrons. The third kappa shape index (κ3) is 3.74. The summed E-state index contributed by atoms with van der Waals surface area (Å²) in [5.41, 5.74) is 0.877. The van der Waals surface area contributed by atoms with Crippen molar-refractivity contribution in [3.05, 3.63) is 16.1 Å². The highest BCUT2D eigenvalue weighted by molar-refractivity contribution is 7.09. The van der Waals surface area contributed by atoms with Crippen LogP contribution in [0.2, 0.25) is 0 Å². The zero-order valence-corrected chi connectivity index (χ0v) is 9.73. The van der Waals surface area contributed by atoms with Crippen molar-refractivity contribution in [3.63, 3.8) is 0 Å². The number of nitrogens with zero attached hydrogens (tertiary/aromatic N) is 1. The van der Waals surface area contributed by atoms with E-state index in [0.29, 0.717) is 13.2 Å². The normalized spacial score (nSPS) is 12.0. The molecule has 0 bridgehead atoms. The lowest BCUT2D eigenvalue weighted by Crippen LogP contribution is -2.23. The first-order chi connectivity index (χ1) is 6.53. The number of aromatic nitrogens is 1. The summed E-state index contributed by atoms with van der Waals surface area (Å²) in [6, 6.07) is 0. The van der Waals surface area contributed by atoms with E-state index >= 15 is 0 Å². The van der Waals surface area contributed by atoms with Gasteiger partial charge in [-0.25, -0.2) is 4.98 Å². The summed E-state index contributed by atoms with van der Waals surface area (Å²) in [6.07, 6.45) is 0. The van der Waals surface area contributed by atoms with Gasteiger partial charge in [0.15, 0.2) is 0 Å². The number of aliphatic hydroxyl groups excluding tert-OH is 1. The maximum atomic E-state index is 9.00. The van der Waals surface area contributed by atoms with Gasteiger partial charge in [0, 0.05) is 16.5 Å². The second-order valence-electron chi connectivity index (χ2n) is 4.20. The Kier molecular flexibility index (Phi) is 4.04. The zero-order valence-electron chi connectivity index (χ0n) is 8.91. The van der Waals surface area contributed by atoms with Gasteiger partial charge < -0.3 is 9.84 Å². The first kappa shape index (κ1) is 11.6. The van der Waals surface area contributed by atoms with Crippen molar-refractivity contribution in [2.45, 2.75) is 27.4 Å². The van der Waals surface area contributed by atoms with E-state index in [1.807, 2.05) is 26.2 Å². The standard InChI is InChI=1S/C10H17NO2S/c1-8-5-14-9(11-8)4-13-7-10(2,3)6-12/h5,12H,4,6-7H2,1-3H3. The van der Waals surface area contributed by atoms with Gasteiger partial charge >= 0.3 is 0 Å². The van der Waals surface area contributed by atoms with Crippen LogP contribution in [-0.4, -0.2) is 23.3 Å². The molecule has 0 aromatic carbocycles. The summed E-state index contributed by atoms with van der Waals surface area (Å²) in [5.74, 6) is 0. The van der Waals surface area contributed by atoms with Crippen molar-refractivity contribution in [2.24, 2.45) is 5.41 Å². The van der Waals surface area contributed by atoms with Crippen LogP contribution in [0.3, 0.4) is 0 Å². The van der Waals surface area contributed by atoms with E-state index in [1.165, 1.54) is 0 Å². The van der Waals surface area contributed by atoms with E-state index in [9.17, 15) is 0 Å². The molecule has 14 heavy (non-hydrogen) atoms. The fourth-order valence-corrected chi connectivity index (χ4v) is 1.64. The van der Waals surface area contributed by atoms with Crippen molar-refractivity contribution in [1.82, 2.24) is 4.98 Å². The van der Waals surface area contributed by atoms with Crippen LogP contribution in [0.1, 0.15) is 24.5 Å². The van der Waals surface area contributed by atoms with Crippen LogP contribution in [0.15, 0.2) is 5.38 Å². The molecule has 0 atom stereocenters. The van der Waals surface area contributed by atoms with Crippen molar-refractivity contribution in [2.75, 3.05) is 13.2 Å². The fourth-order valence-electron chi connectivity index (χ4n) is 0.929. The summed E-state index contributed by atoms with van der Waals surface area (Å²) >= 11 is 1.61. The summed E-state index contributed by atoms with van der Waals surface area (Å²) in [4.78, 5) is 4.29. The molecule has 1 rings (SSSR count). The van der Waals surface area contributed by atoms with Crippen LogP contribution < -0.4 is 0 Å². The van der Waals surface area contributed by atoms with E-state index in [2.05, 4.69) is 4.98 Å². The van der Waals surface area contributed by atoms with E-state index in [1.54, 1.807) is 11.3 Å². The second kappa shape index (κ2) is 4.87. The Balaban J connectivity index is 2.28. The Morgan fingerprint density at radius 1 is 1.57 bits per heavy atom. The molecule has 3 nitrogen and oxygen atoms in total. The van der Waals surface area contributed by atoms with Gasteiger partial charge in [-0.2, -0.15) is 0 Å². The lowest BCUT2D eigenvalue weighted by molar-refractivity contribution is 0.0197. The van der Waals surface area contributed by atoms with Crippen molar-refractivity contribution >= 4 is 11.3 Å². The van der Waals surface area contributed by atoms with Crippen LogP contribution >= 0.6 is 11.3 Å². The first-order valence-electron chi connectivity index (χ1n) is 4.63. The fraction of sp³-hybridized carbons (Fsp3) is 0.700. The predicted molar refractivity (Wildman–Crippen MR) is 57.4 cm³/mol. The lowest BCUT2D eigenvalue weighted by atomic mass is 9.97. The molecule has 0 saturated heterocycles. The molecular weight excluding hydrogens is 198 g/mol. The van der Waals surface area contributed by atoms with Crippen molar-refractivity contribution < 1.29 is 9.84 Å². The molecule has 1 aromatic rings. The molecule has 0 unspecified atom stereocenters. The predicted octanol–water partition coefficient (Wildman–Crippen LogP) is 1.99. The molecule has 0 fully saturated rings. The number of hydrogen-bond donors (Lipinski definition) is 1. The lowest BCUT2D eigenvalue weighted by Gasteiger charge is -2.20. The van der Waals surface area contributed by atoms with Crippen LogP contribution in [0.4, 0.5) is 0 Å². The number of hydrogen-bond acceptors (Lipinski definition) is 4. The van der Waals surface area contributed by atoms with Crippen LogP contribution in [0.25, 0.3) is 0 Å². The Morgan fingerprint density at radius 3 is 2.79 bits per heavy atom. The summed E-state index contributed by atoms with van der Waals surface area (Å²) in [5, 5.41) is 12.0. The molecule has 0 aliphatic carbocycles. The van der Waals surface area contributed by atoms with Gasteiger partial charge in [0.2, 0.25) is 0 Å². The van der Waals surface area contributed by atoms with Crippen molar-refractivity contribution in [1.29, 1.82) is 0 Å².